The fourth-order valence-electron chi connectivity index (χ4n) is 3.10. The van der Waals surface area contributed by atoms with Gasteiger partial charge in [0.1, 0.15) is 0 Å². The van der Waals surface area contributed by atoms with E-state index in [1.54, 1.807) is 0 Å². The number of piperidine rings is 1. The Hall–Kier alpha value is -1.81. The van der Waals surface area contributed by atoms with Gasteiger partial charge in [0.05, 0.1) is 5.92 Å². The third-order valence-electron chi connectivity index (χ3n) is 4.03. The van der Waals surface area contributed by atoms with Gasteiger partial charge in [-0.3, -0.25) is 4.79 Å². The molecule has 2 unspecified atom stereocenters. The number of hydrogen-bond acceptors (Lipinski definition) is 2. The van der Waals surface area contributed by atoms with E-state index in [4.69, 9.17) is 0 Å². The van der Waals surface area contributed by atoms with Crippen molar-refractivity contribution in [2.45, 2.75) is 18.8 Å². The SMILES string of the molecule is O=C(O)C(c1c[nH]c2ccccc12)C1CCCNC1. The standard InChI is InChI=1S/C15H18N2O2/c18-15(19)14(10-4-3-7-16-8-10)12-9-17-13-6-2-1-5-11(12)13/h1-2,5-6,9-10,14,16-17H,3-4,7-8H2,(H,18,19). The van der Waals surface area contributed by atoms with Crippen molar-refractivity contribution >= 4 is 16.9 Å². The second kappa shape index (κ2) is 5.05. The van der Waals surface area contributed by atoms with Crippen molar-refractivity contribution in [1.82, 2.24) is 10.3 Å². The smallest absolute Gasteiger partial charge is 0.311 e. The van der Waals surface area contributed by atoms with Crippen molar-refractivity contribution in [1.29, 1.82) is 0 Å². The average Bonchev–Trinajstić information content (AvgIpc) is 2.84. The summed E-state index contributed by atoms with van der Waals surface area (Å²) in [6, 6.07) is 7.89. The number of fused-ring (bicyclic) bond motifs is 1. The first-order valence-electron chi connectivity index (χ1n) is 6.77. The molecule has 2 heterocycles. The number of para-hydroxylation sites is 1. The summed E-state index contributed by atoms with van der Waals surface area (Å²) in [5, 5.41) is 13.9. The molecular weight excluding hydrogens is 240 g/mol. The molecule has 3 rings (SSSR count). The Morgan fingerprint density at radius 2 is 2.21 bits per heavy atom. The molecule has 0 spiro atoms. The van der Waals surface area contributed by atoms with E-state index >= 15 is 0 Å². The number of H-pyrrole nitrogens is 1. The Morgan fingerprint density at radius 1 is 1.37 bits per heavy atom. The van der Waals surface area contributed by atoms with E-state index in [-0.39, 0.29) is 5.92 Å². The van der Waals surface area contributed by atoms with E-state index in [2.05, 4.69) is 10.3 Å². The molecule has 1 aliphatic rings. The van der Waals surface area contributed by atoms with E-state index in [1.165, 1.54) is 0 Å². The highest BCUT2D eigenvalue weighted by Crippen LogP contribution is 2.34. The molecular formula is C15H18N2O2. The summed E-state index contributed by atoms with van der Waals surface area (Å²) < 4.78 is 0. The molecule has 1 aliphatic heterocycles. The van der Waals surface area contributed by atoms with Crippen molar-refractivity contribution in [3.63, 3.8) is 0 Å². The molecule has 0 radical (unpaired) electrons. The molecule has 4 heteroatoms. The van der Waals surface area contributed by atoms with Gasteiger partial charge in [-0.05, 0) is 43.5 Å². The van der Waals surface area contributed by atoms with Crippen LogP contribution in [0.25, 0.3) is 10.9 Å². The summed E-state index contributed by atoms with van der Waals surface area (Å²) in [4.78, 5) is 14.9. The molecule has 0 amide bonds. The minimum atomic E-state index is -0.724. The van der Waals surface area contributed by atoms with Crippen LogP contribution >= 0.6 is 0 Å². The predicted octanol–water partition coefficient (Wildman–Crippen LogP) is 2.34. The van der Waals surface area contributed by atoms with Gasteiger partial charge in [-0.25, -0.2) is 0 Å². The van der Waals surface area contributed by atoms with Gasteiger partial charge < -0.3 is 15.4 Å². The molecule has 2 atom stereocenters. The van der Waals surface area contributed by atoms with Gasteiger partial charge >= 0.3 is 5.97 Å². The van der Waals surface area contributed by atoms with Crippen LogP contribution in [0.15, 0.2) is 30.5 Å². The molecule has 3 N–H and O–H groups in total. The van der Waals surface area contributed by atoms with Crippen molar-refractivity contribution in [3.05, 3.63) is 36.0 Å². The van der Waals surface area contributed by atoms with Gasteiger partial charge in [0.15, 0.2) is 0 Å². The van der Waals surface area contributed by atoms with Crippen LogP contribution in [0, 0.1) is 5.92 Å². The molecule has 1 fully saturated rings. The largest absolute Gasteiger partial charge is 0.481 e. The van der Waals surface area contributed by atoms with Gasteiger partial charge in [-0.15, -0.1) is 0 Å². The number of carboxylic acids is 1. The highest BCUT2D eigenvalue weighted by atomic mass is 16.4. The molecule has 19 heavy (non-hydrogen) atoms. The van der Waals surface area contributed by atoms with E-state index in [9.17, 15) is 9.90 Å². The van der Waals surface area contributed by atoms with Crippen LogP contribution in [0.5, 0.6) is 0 Å². The highest BCUT2D eigenvalue weighted by molar-refractivity contribution is 5.89. The Labute approximate surface area is 111 Å². The third-order valence-corrected chi connectivity index (χ3v) is 4.03. The number of carbonyl (C=O) groups is 1. The lowest BCUT2D eigenvalue weighted by atomic mass is 9.81. The zero-order valence-electron chi connectivity index (χ0n) is 10.7. The van der Waals surface area contributed by atoms with Crippen LogP contribution < -0.4 is 5.32 Å². The monoisotopic (exact) mass is 258 g/mol. The number of carboxylic acid groups (broad SMARTS) is 1. The second-order valence-corrected chi connectivity index (χ2v) is 5.21. The molecule has 0 bridgehead atoms. The van der Waals surface area contributed by atoms with Crippen LogP contribution in [0.4, 0.5) is 0 Å². The quantitative estimate of drug-likeness (QED) is 0.791. The number of aromatic amines is 1. The maximum absolute atomic E-state index is 11.7. The number of hydrogen-bond donors (Lipinski definition) is 3. The predicted molar refractivity (Wildman–Crippen MR) is 74.3 cm³/mol. The number of benzene rings is 1. The first-order valence-corrected chi connectivity index (χ1v) is 6.77. The summed E-state index contributed by atoms with van der Waals surface area (Å²) in [5.74, 6) is -0.979. The molecule has 1 aromatic heterocycles. The van der Waals surface area contributed by atoms with E-state index in [0.717, 1.165) is 42.4 Å². The minimum absolute atomic E-state index is 0.172. The minimum Gasteiger partial charge on any atom is -0.481 e. The Bertz CT molecular complexity index is 585. The summed E-state index contributed by atoms with van der Waals surface area (Å²) in [5.41, 5.74) is 1.92. The van der Waals surface area contributed by atoms with Crippen molar-refractivity contribution in [3.8, 4) is 0 Å². The van der Waals surface area contributed by atoms with Crippen molar-refractivity contribution in [2.75, 3.05) is 13.1 Å². The van der Waals surface area contributed by atoms with Gasteiger partial charge in [-0.2, -0.15) is 0 Å². The Morgan fingerprint density at radius 3 is 2.95 bits per heavy atom. The lowest BCUT2D eigenvalue weighted by molar-refractivity contribution is -0.140. The topological polar surface area (TPSA) is 65.1 Å². The molecule has 100 valence electrons. The van der Waals surface area contributed by atoms with Crippen LogP contribution in [-0.2, 0) is 4.79 Å². The zero-order valence-corrected chi connectivity index (χ0v) is 10.7. The van der Waals surface area contributed by atoms with E-state index in [1.807, 2.05) is 30.5 Å². The lowest BCUT2D eigenvalue weighted by Crippen LogP contribution is -2.36. The van der Waals surface area contributed by atoms with Crippen LogP contribution in [0.1, 0.15) is 24.3 Å². The fraction of sp³-hybridized carbons (Fsp3) is 0.400. The van der Waals surface area contributed by atoms with Gasteiger partial charge in [0.25, 0.3) is 0 Å². The molecule has 1 saturated heterocycles. The zero-order chi connectivity index (χ0) is 13.2. The average molecular weight is 258 g/mol. The maximum atomic E-state index is 11.7. The molecule has 1 aromatic carbocycles. The first kappa shape index (κ1) is 12.2. The van der Waals surface area contributed by atoms with Crippen LogP contribution in [0.2, 0.25) is 0 Å². The second-order valence-electron chi connectivity index (χ2n) is 5.21. The molecule has 0 aliphatic carbocycles. The summed E-state index contributed by atoms with van der Waals surface area (Å²) in [7, 11) is 0. The third kappa shape index (κ3) is 2.24. The van der Waals surface area contributed by atoms with Gasteiger partial charge in [0, 0.05) is 17.1 Å². The summed E-state index contributed by atoms with van der Waals surface area (Å²) in [6.07, 6.45) is 3.89. The summed E-state index contributed by atoms with van der Waals surface area (Å²) >= 11 is 0. The van der Waals surface area contributed by atoms with Crippen LogP contribution in [-0.4, -0.2) is 29.1 Å². The number of aromatic nitrogens is 1. The highest BCUT2D eigenvalue weighted by Gasteiger charge is 2.32. The Balaban J connectivity index is 2.01. The number of aliphatic carboxylic acids is 1. The molecule has 2 aromatic rings. The fourth-order valence-corrected chi connectivity index (χ4v) is 3.10. The van der Waals surface area contributed by atoms with Gasteiger partial charge in [0.2, 0.25) is 0 Å². The number of nitrogens with one attached hydrogen (secondary N) is 2. The molecule has 0 saturated carbocycles. The first-order chi connectivity index (χ1) is 9.27. The summed E-state index contributed by atoms with van der Waals surface area (Å²) in [6.45, 7) is 1.78. The van der Waals surface area contributed by atoms with E-state index < -0.39 is 11.9 Å². The normalized spacial score (nSPS) is 21.4. The maximum Gasteiger partial charge on any atom is 0.311 e. The van der Waals surface area contributed by atoms with Crippen molar-refractivity contribution in [2.24, 2.45) is 5.92 Å². The Kier molecular flexibility index (Phi) is 3.25. The van der Waals surface area contributed by atoms with Gasteiger partial charge in [-0.1, -0.05) is 18.2 Å². The van der Waals surface area contributed by atoms with Crippen molar-refractivity contribution < 1.29 is 9.90 Å². The number of rotatable bonds is 3. The molecule has 4 nitrogen and oxygen atoms in total. The lowest BCUT2D eigenvalue weighted by Gasteiger charge is -2.28. The van der Waals surface area contributed by atoms with E-state index in [0.29, 0.717) is 0 Å². The van der Waals surface area contributed by atoms with Crippen LogP contribution in [0.3, 0.4) is 0 Å².